The van der Waals surface area contributed by atoms with Gasteiger partial charge in [0.1, 0.15) is 23.7 Å². The second-order valence-electron chi connectivity index (χ2n) is 3.71. The van der Waals surface area contributed by atoms with E-state index < -0.39 is 29.1 Å². The quantitative estimate of drug-likeness (QED) is 0.793. The van der Waals surface area contributed by atoms with Crippen LogP contribution in [0.2, 0.25) is 0 Å². The molecular formula is C12H12BrF2NO3. The monoisotopic (exact) mass is 335 g/mol. The largest absolute Gasteiger partial charge is 0.465 e. The summed E-state index contributed by atoms with van der Waals surface area (Å²) in [5.41, 5.74) is -0.699. The minimum Gasteiger partial charge on any atom is -0.465 e. The fourth-order valence-electron chi connectivity index (χ4n) is 1.41. The Kier molecular flexibility index (Phi) is 5.41. The van der Waals surface area contributed by atoms with Crippen LogP contribution in [0.5, 0.6) is 0 Å². The Morgan fingerprint density at radius 1 is 1.32 bits per heavy atom. The van der Waals surface area contributed by atoms with Gasteiger partial charge in [-0.3, -0.25) is 9.59 Å². The van der Waals surface area contributed by atoms with Crippen molar-refractivity contribution in [2.24, 2.45) is 0 Å². The van der Waals surface area contributed by atoms with Crippen molar-refractivity contribution in [3.8, 4) is 0 Å². The Morgan fingerprint density at radius 2 is 1.84 bits per heavy atom. The van der Waals surface area contributed by atoms with Crippen molar-refractivity contribution in [1.29, 1.82) is 0 Å². The molecule has 1 rings (SSSR count). The van der Waals surface area contributed by atoms with E-state index in [-0.39, 0.29) is 17.6 Å². The first kappa shape index (κ1) is 15.6. The molecule has 0 saturated carbocycles. The molecular weight excluding hydrogens is 324 g/mol. The van der Waals surface area contributed by atoms with E-state index in [4.69, 9.17) is 0 Å². The smallest absolute Gasteiger partial charge is 0.325 e. The number of nitrogens with zero attached hydrogens (tertiary/aromatic N) is 1. The minimum absolute atomic E-state index is 0.169. The van der Waals surface area contributed by atoms with E-state index in [1.165, 1.54) is 7.05 Å². The summed E-state index contributed by atoms with van der Waals surface area (Å²) in [6.07, 6.45) is 0. The van der Waals surface area contributed by atoms with Crippen LogP contribution in [0.15, 0.2) is 16.6 Å². The predicted octanol–water partition coefficient (Wildman–Crippen LogP) is 2.36. The van der Waals surface area contributed by atoms with E-state index in [1.54, 1.807) is 6.92 Å². The Labute approximate surface area is 117 Å². The van der Waals surface area contributed by atoms with Gasteiger partial charge in [0, 0.05) is 11.5 Å². The van der Waals surface area contributed by atoms with Gasteiger partial charge in [-0.2, -0.15) is 0 Å². The molecule has 0 aliphatic rings. The molecule has 0 N–H and O–H groups in total. The van der Waals surface area contributed by atoms with E-state index in [2.05, 4.69) is 20.7 Å². The topological polar surface area (TPSA) is 46.6 Å². The Hall–Kier alpha value is -1.50. The standard InChI is InChI=1S/C12H12BrF2NO3/c1-3-19-10(17)6-16(2)12(18)11-8(14)4-7(13)5-9(11)15/h4-5H,3,6H2,1-2H3. The van der Waals surface area contributed by atoms with Crippen LogP contribution in [0.3, 0.4) is 0 Å². The summed E-state index contributed by atoms with van der Waals surface area (Å²) < 4.78 is 32.0. The Bertz CT molecular complexity index is 485. The molecule has 0 fully saturated rings. The van der Waals surface area contributed by atoms with Crippen LogP contribution in [-0.2, 0) is 9.53 Å². The lowest BCUT2D eigenvalue weighted by Crippen LogP contribution is -2.34. The molecule has 1 aromatic rings. The number of hydrogen-bond donors (Lipinski definition) is 0. The number of likely N-dealkylation sites (N-methyl/N-ethyl adjacent to an activating group) is 1. The highest BCUT2D eigenvalue weighted by atomic mass is 79.9. The molecule has 4 nitrogen and oxygen atoms in total. The molecule has 0 saturated heterocycles. The van der Waals surface area contributed by atoms with Gasteiger partial charge >= 0.3 is 5.97 Å². The molecule has 0 atom stereocenters. The molecule has 1 amide bonds. The third kappa shape index (κ3) is 3.99. The Morgan fingerprint density at radius 3 is 2.32 bits per heavy atom. The van der Waals surface area contributed by atoms with Gasteiger partial charge in [0.05, 0.1) is 6.61 Å². The third-order valence-electron chi connectivity index (χ3n) is 2.24. The van der Waals surface area contributed by atoms with Crippen molar-refractivity contribution in [2.45, 2.75) is 6.92 Å². The summed E-state index contributed by atoms with van der Waals surface area (Å²) in [4.78, 5) is 24.0. The summed E-state index contributed by atoms with van der Waals surface area (Å²) in [6.45, 7) is 1.41. The lowest BCUT2D eigenvalue weighted by atomic mass is 10.1. The predicted molar refractivity (Wildman–Crippen MR) is 67.7 cm³/mol. The summed E-state index contributed by atoms with van der Waals surface area (Å²) in [7, 11) is 1.26. The SMILES string of the molecule is CCOC(=O)CN(C)C(=O)c1c(F)cc(Br)cc1F. The first-order valence-electron chi connectivity index (χ1n) is 5.42. The maximum absolute atomic E-state index is 13.6. The molecule has 0 heterocycles. The molecule has 104 valence electrons. The van der Waals surface area contributed by atoms with Crippen LogP contribution in [0, 0.1) is 11.6 Å². The normalized spacial score (nSPS) is 10.2. The molecule has 0 radical (unpaired) electrons. The number of benzene rings is 1. The molecule has 0 aliphatic heterocycles. The molecule has 1 aromatic carbocycles. The number of esters is 1. The van der Waals surface area contributed by atoms with Crippen molar-refractivity contribution < 1.29 is 23.1 Å². The number of hydrogen-bond acceptors (Lipinski definition) is 3. The van der Waals surface area contributed by atoms with Gasteiger partial charge in [0.15, 0.2) is 0 Å². The molecule has 7 heteroatoms. The molecule has 19 heavy (non-hydrogen) atoms. The zero-order chi connectivity index (χ0) is 14.6. The lowest BCUT2D eigenvalue weighted by Gasteiger charge is -2.17. The lowest BCUT2D eigenvalue weighted by molar-refractivity contribution is -0.143. The highest BCUT2D eigenvalue weighted by Crippen LogP contribution is 2.20. The van der Waals surface area contributed by atoms with E-state index in [0.29, 0.717) is 0 Å². The van der Waals surface area contributed by atoms with Gasteiger partial charge in [-0.05, 0) is 19.1 Å². The number of rotatable bonds is 4. The number of halogens is 3. The molecule has 0 spiro atoms. The highest BCUT2D eigenvalue weighted by molar-refractivity contribution is 9.10. The van der Waals surface area contributed by atoms with Crippen LogP contribution >= 0.6 is 15.9 Å². The molecule has 0 aliphatic carbocycles. The van der Waals surface area contributed by atoms with Crippen molar-refractivity contribution in [2.75, 3.05) is 20.2 Å². The van der Waals surface area contributed by atoms with Gasteiger partial charge in [-0.25, -0.2) is 8.78 Å². The second-order valence-corrected chi connectivity index (χ2v) is 4.63. The molecule has 0 unspecified atom stereocenters. The van der Waals surface area contributed by atoms with Crippen LogP contribution in [0.1, 0.15) is 17.3 Å². The van der Waals surface area contributed by atoms with Crippen molar-refractivity contribution >= 4 is 27.8 Å². The average molecular weight is 336 g/mol. The Balaban J connectivity index is 2.91. The van der Waals surface area contributed by atoms with Gasteiger partial charge in [0.25, 0.3) is 5.91 Å². The maximum atomic E-state index is 13.6. The number of carbonyl (C=O) groups excluding carboxylic acids is 2. The van der Waals surface area contributed by atoms with Gasteiger partial charge in [-0.15, -0.1) is 0 Å². The van der Waals surface area contributed by atoms with Gasteiger partial charge in [-0.1, -0.05) is 15.9 Å². The van der Waals surface area contributed by atoms with E-state index in [0.717, 1.165) is 17.0 Å². The first-order chi connectivity index (χ1) is 8.86. The number of ether oxygens (including phenoxy) is 1. The highest BCUT2D eigenvalue weighted by Gasteiger charge is 2.23. The van der Waals surface area contributed by atoms with E-state index >= 15 is 0 Å². The second kappa shape index (κ2) is 6.60. The van der Waals surface area contributed by atoms with Gasteiger partial charge in [0.2, 0.25) is 0 Å². The van der Waals surface area contributed by atoms with Crippen LogP contribution in [0.25, 0.3) is 0 Å². The first-order valence-corrected chi connectivity index (χ1v) is 6.21. The zero-order valence-corrected chi connectivity index (χ0v) is 12.0. The maximum Gasteiger partial charge on any atom is 0.325 e. The fraction of sp³-hybridized carbons (Fsp3) is 0.333. The van der Waals surface area contributed by atoms with Crippen LogP contribution < -0.4 is 0 Å². The van der Waals surface area contributed by atoms with E-state index in [9.17, 15) is 18.4 Å². The zero-order valence-electron chi connectivity index (χ0n) is 10.4. The van der Waals surface area contributed by atoms with Crippen LogP contribution in [0.4, 0.5) is 8.78 Å². The molecule has 0 aromatic heterocycles. The molecule has 0 bridgehead atoms. The summed E-state index contributed by atoms with van der Waals surface area (Å²) in [5, 5.41) is 0. The fourth-order valence-corrected chi connectivity index (χ4v) is 1.81. The van der Waals surface area contributed by atoms with Gasteiger partial charge < -0.3 is 9.64 Å². The van der Waals surface area contributed by atoms with Crippen molar-refractivity contribution in [3.63, 3.8) is 0 Å². The summed E-state index contributed by atoms with van der Waals surface area (Å²) >= 11 is 2.92. The average Bonchev–Trinajstić information content (AvgIpc) is 2.27. The van der Waals surface area contributed by atoms with Crippen molar-refractivity contribution in [3.05, 3.63) is 33.8 Å². The number of amides is 1. The van der Waals surface area contributed by atoms with Crippen LogP contribution in [-0.4, -0.2) is 37.0 Å². The number of carbonyl (C=O) groups is 2. The van der Waals surface area contributed by atoms with E-state index in [1.807, 2.05) is 0 Å². The summed E-state index contributed by atoms with van der Waals surface area (Å²) in [6, 6.07) is 1.96. The minimum atomic E-state index is -0.993. The third-order valence-corrected chi connectivity index (χ3v) is 2.70. The van der Waals surface area contributed by atoms with Crippen molar-refractivity contribution in [1.82, 2.24) is 4.90 Å². The summed E-state index contributed by atoms with van der Waals surface area (Å²) in [5.74, 6) is -3.55.